The smallest absolute Gasteiger partial charge is 0.233 e. The van der Waals surface area contributed by atoms with Crippen LogP contribution in [0.25, 0.3) is 0 Å². The lowest BCUT2D eigenvalue weighted by Gasteiger charge is -2.31. The Labute approximate surface area is 160 Å². The summed E-state index contributed by atoms with van der Waals surface area (Å²) >= 11 is 5.92. The van der Waals surface area contributed by atoms with Crippen molar-refractivity contribution in [3.8, 4) is 5.75 Å². The second kappa shape index (κ2) is 10.4. The molecule has 0 aliphatic carbocycles. The maximum absolute atomic E-state index is 12.1. The minimum Gasteiger partial charge on any atom is -0.493 e. The summed E-state index contributed by atoms with van der Waals surface area (Å²) in [6.45, 7) is 4.54. The van der Waals surface area contributed by atoms with Gasteiger partial charge in [0.05, 0.1) is 13.2 Å². The molecule has 0 saturated carbocycles. The Morgan fingerprint density at radius 3 is 2.65 bits per heavy atom. The fourth-order valence-electron chi connectivity index (χ4n) is 3.01. The lowest BCUT2D eigenvalue weighted by atomic mass is 10.0. The molecule has 0 spiro atoms. The van der Waals surface area contributed by atoms with Crippen LogP contribution >= 0.6 is 11.6 Å². The number of halogens is 1. The molecule has 0 radical (unpaired) electrons. The monoisotopic (exact) mass is 381 g/mol. The number of nitrogens with one attached hydrogen (secondary N) is 2. The van der Waals surface area contributed by atoms with E-state index in [9.17, 15) is 9.59 Å². The molecule has 0 bridgehead atoms. The molecule has 1 fully saturated rings. The Bertz CT molecular complexity index is 616. The van der Waals surface area contributed by atoms with Crippen LogP contribution in [0.2, 0.25) is 5.02 Å². The highest BCUT2D eigenvalue weighted by Gasteiger charge is 2.21. The maximum Gasteiger partial charge on any atom is 0.233 e. The summed E-state index contributed by atoms with van der Waals surface area (Å²) in [6.07, 6.45) is 2.88. The van der Waals surface area contributed by atoms with Gasteiger partial charge in [0.25, 0.3) is 0 Å². The fraction of sp³-hybridized carbons (Fsp3) is 0.579. The molecule has 7 heteroatoms. The lowest BCUT2D eigenvalue weighted by Crippen LogP contribution is -2.47. The standard InChI is InChI=1S/C19H28ClN3O3/c1-14-12-15(20)5-6-17(14)26-11-3-4-18(24)22-16-7-9-23(10-8-16)13-19(25)21-2/h5-6,12,16H,3-4,7-11,13H2,1-2H3,(H,21,25)(H,22,24). The van der Waals surface area contributed by atoms with Crippen LogP contribution in [-0.4, -0.2) is 56.0 Å². The van der Waals surface area contributed by atoms with Gasteiger partial charge in [0.1, 0.15) is 5.75 Å². The average molecular weight is 382 g/mol. The molecular weight excluding hydrogens is 354 g/mol. The number of benzene rings is 1. The molecular formula is C19H28ClN3O3. The molecule has 26 heavy (non-hydrogen) atoms. The summed E-state index contributed by atoms with van der Waals surface area (Å²) in [5.41, 5.74) is 0.991. The number of ether oxygens (including phenoxy) is 1. The SMILES string of the molecule is CNC(=O)CN1CCC(NC(=O)CCCOc2ccc(Cl)cc2C)CC1. The average Bonchev–Trinajstić information content (AvgIpc) is 2.61. The van der Waals surface area contributed by atoms with E-state index in [2.05, 4.69) is 15.5 Å². The zero-order valence-corrected chi connectivity index (χ0v) is 16.3. The van der Waals surface area contributed by atoms with E-state index in [0.29, 0.717) is 31.0 Å². The summed E-state index contributed by atoms with van der Waals surface area (Å²) in [5, 5.41) is 6.41. The van der Waals surface area contributed by atoms with Gasteiger partial charge in [-0.2, -0.15) is 0 Å². The van der Waals surface area contributed by atoms with Crippen molar-refractivity contribution in [3.05, 3.63) is 28.8 Å². The number of amides is 2. The highest BCUT2D eigenvalue weighted by Crippen LogP contribution is 2.22. The van der Waals surface area contributed by atoms with Crippen LogP contribution in [0.1, 0.15) is 31.2 Å². The van der Waals surface area contributed by atoms with Crippen LogP contribution < -0.4 is 15.4 Å². The maximum atomic E-state index is 12.1. The first-order valence-corrected chi connectivity index (χ1v) is 9.47. The van der Waals surface area contributed by atoms with E-state index in [4.69, 9.17) is 16.3 Å². The predicted molar refractivity (Wildman–Crippen MR) is 103 cm³/mol. The Hall–Kier alpha value is -1.79. The molecule has 1 saturated heterocycles. The third kappa shape index (κ3) is 6.84. The van der Waals surface area contributed by atoms with E-state index in [-0.39, 0.29) is 17.9 Å². The van der Waals surface area contributed by atoms with Crippen LogP contribution in [0.15, 0.2) is 18.2 Å². The second-order valence-electron chi connectivity index (χ2n) is 6.65. The van der Waals surface area contributed by atoms with Crippen molar-refractivity contribution in [3.63, 3.8) is 0 Å². The summed E-state index contributed by atoms with van der Waals surface area (Å²) in [6, 6.07) is 5.71. The Balaban J connectivity index is 1.60. The number of likely N-dealkylation sites (N-methyl/N-ethyl adjacent to an activating group) is 1. The molecule has 6 nitrogen and oxygen atoms in total. The Morgan fingerprint density at radius 1 is 1.27 bits per heavy atom. The molecule has 2 amide bonds. The highest BCUT2D eigenvalue weighted by molar-refractivity contribution is 6.30. The topological polar surface area (TPSA) is 70.7 Å². The number of nitrogens with zero attached hydrogens (tertiary/aromatic N) is 1. The number of piperidine rings is 1. The van der Waals surface area contributed by atoms with E-state index in [0.717, 1.165) is 37.2 Å². The zero-order chi connectivity index (χ0) is 18.9. The zero-order valence-electron chi connectivity index (χ0n) is 15.5. The van der Waals surface area contributed by atoms with E-state index in [1.54, 1.807) is 13.1 Å². The Kier molecular flexibility index (Phi) is 8.19. The van der Waals surface area contributed by atoms with Gasteiger partial charge in [-0.15, -0.1) is 0 Å². The molecule has 1 aliphatic rings. The summed E-state index contributed by atoms with van der Waals surface area (Å²) in [7, 11) is 1.65. The number of hydrogen-bond acceptors (Lipinski definition) is 4. The molecule has 2 N–H and O–H groups in total. The van der Waals surface area contributed by atoms with Gasteiger partial charge >= 0.3 is 0 Å². The third-order valence-electron chi connectivity index (χ3n) is 4.54. The quantitative estimate of drug-likeness (QED) is 0.677. The molecule has 0 unspecified atom stereocenters. The number of hydrogen-bond donors (Lipinski definition) is 2. The number of carbonyl (C=O) groups excluding carboxylic acids is 2. The summed E-state index contributed by atoms with van der Waals surface area (Å²) in [5.74, 6) is 0.896. The minimum absolute atomic E-state index is 0.0309. The van der Waals surface area contributed by atoms with Gasteiger partial charge in [-0.05, 0) is 49.9 Å². The minimum atomic E-state index is 0.0309. The van der Waals surface area contributed by atoms with Crippen molar-refractivity contribution in [2.75, 3.05) is 33.3 Å². The largest absolute Gasteiger partial charge is 0.493 e. The van der Waals surface area contributed by atoms with E-state index >= 15 is 0 Å². The van der Waals surface area contributed by atoms with Gasteiger partial charge < -0.3 is 15.4 Å². The van der Waals surface area contributed by atoms with Crippen molar-refractivity contribution >= 4 is 23.4 Å². The van der Waals surface area contributed by atoms with Crippen molar-refractivity contribution in [1.29, 1.82) is 0 Å². The van der Waals surface area contributed by atoms with Gasteiger partial charge in [-0.25, -0.2) is 0 Å². The van der Waals surface area contributed by atoms with Crippen molar-refractivity contribution < 1.29 is 14.3 Å². The first kappa shape index (κ1) is 20.5. The van der Waals surface area contributed by atoms with Gasteiger partial charge in [0.15, 0.2) is 0 Å². The van der Waals surface area contributed by atoms with Crippen molar-refractivity contribution in [2.24, 2.45) is 0 Å². The molecule has 1 heterocycles. The number of aryl methyl sites for hydroxylation is 1. The molecule has 0 aromatic heterocycles. The normalized spacial score (nSPS) is 15.5. The number of rotatable bonds is 8. The number of carbonyl (C=O) groups is 2. The highest BCUT2D eigenvalue weighted by atomic mass is 35.5. The summed E-state index contributed by atoms with van der Waals surface area (Å²) in [4.78, 5) is 25.6. The molecule has 1 aromatic rings. The van der Waals surface area contributed by atoms with Gasteiger partial charge in [-0.1, -0.05) is 11.6 Å². The number of likely N-dealkylation sites (tertiary alicyclic amines) is 1. The van der Waals surface area contributed by atoms with Crippen molar-refractivity contribution in [1.82, 2.24) is 15.5 Å². The van der Waals surface area contributed by atoms with Gasteiger partial charge in [-0.3, -0.25) is 14.5 Å². The van der Waals surface area contributed by atoms with Crippen molar-refractivity contribution in [2.45, 2.75) is 38.6 Å². The Morgan fingerprint density at radius 2 is 2.00 bits per heavy atom. The van der Waals surface area contributed by atoms with Crippen LogP contribution in [0.3, 0.4) is 0 Å². The first-order valence-electron chi connectivity index (χ1n) is 9.09. The van der Waals surface area contributed by atoms with E-state index in [1.807, 2.05) is 19.1 Å². The van der Waals surface area contributed by atoms with Crippen LogP contribution in [0.4, 0.5) is 0 Å². The molecule has 1 aliphatic heterocycles. The lowest BCUT2D eigenvalue weighted by molar-refractivity contribution is -0.124. The first-order chi connectivity index (χ1) is 12.5. The van der Waals surface area contributed by atoms with Crippen LogP contribution in [-0.2, 0) is 9.59 Å². The van der Waals surface area contributed by atoms with Gasteiger partial charge in [0.2, 0.25) is 11.8 Å². The molecule has 2 rings (SSSR count). The molecule has 0 atom stereocenters. The van der Waals surface area contributed by atoms with Crippen LogP contribution in [0, 0.1) is 6.92 Å². The predicted octanol–water partition coefficient (Wildman–Crippen LogP) is 2.13. The van der Waals surface area contributed by atoms with Crippen LogP contribution in [0.5, 0.6) is 5.75 Å². The van der Waals surface area contributed by atoms with E-state index < -0.39 is 0 Å². The van der Waals surface area contributed by atoms with Gasteiger partial charge in [0, 0.05) is 37.6 Å². The second-order valence-corrected chi connectivity index (χ2v) is 7.09. The molecule has 144 valence electrons. The van der Waals surface area contributed by atoms with E-state index in [1.165, 1.54) is 0 Å². The fourth-order valence-corrected chi connectivity index (χ4v) is 3.23. The molecule has 1 aromatic carbocycles. The summed E-state index contributed by atoms with van der Waals surface area (Å²) < 4.78 is 5.71. The third-order valence-corrected chi connectivity index (χ3v) is 4.78.